The molecule has 156 valence electrons. The van der Waals surface area contributed by atoms with Crippen LogP contribution in [0.1, 0.15) is 17.4 Å². The molecular formula is C24H21N3O2S2. The molecule has 2 heterocycles. The van der Waals surface area contributed by atoms with E-state index in [0.29, 0.717) is 12.2 Å². The summed E-state index contributed by atoms with van der Waals surface area (Å²) >= 11 is 3.18. The van der Waals surface area contributed by atoms with E-state index in [2.05, 4.69) is 10.6 Å². The van der Waals surface area contributed by atoms with E-state index >= 15 is 0 Å². The molecule has 0 unspecified atom stereocenters. The first-order valence-electron chi connectivity index (χ1n) is 9.81. The Bertz CT molecular complexity index is 1180. The Hall–Kier alpha value is -3.29. The van der Waals surface area contributed by atoms with Gasteiger partial charge in [0.15, 0.2) is 0 Å². The molecule has 2 N–H and O–H groups in total. The predicted molar refractivity (Wildman–Crippen MR) is 127 cm³/mol. The number of rotatable bonds is 7. The van der Waals surface area contributed by atoms with Gasteiger partial charge in [-0.15, -0.1) is 22.7 Å². The molecule has 5 nitrogen and oxygen atoms in total. The van der Waals surface area contributed by atoms with Crippen molar-refractivity contribution in [3.05, 3.63) is 82.6 Å². The van der Waals surface area contributed by atoms with Crippen LogP contribution in [0.3, 0.4) is 0 Å². The van der Waals surface area contributed by atoms with E-state index in [4.69, 9.17) is 4.98 Å². The maximum atomic E-state index is 12.7. The van der Waals surface area contributed by atoms with Crippen LogP contribution in [0.5, 0.6) is 0 Å². The summed E-state index contributed by atoms with van der Waals surface area (Å²) in [6.45, 7) is 1.86. The summed E-state index contributed by atoms with van der Waals surface area (Å²) in [5, 5.41) is 8.67. The van der Waals surface area contributed by atoms with Crippen molar-refractivity contribution in [2.75, 3.05) is 5.32 Å². The van der Waals surface area contributed by atoms with Gasteiger partial charge >= 0.3 is 0 Å². The lowest BCUT2D eigenvalue weighted by Crippen LogP contribution is -2.24. The molecule has 0 aliphatic carbocycles. The van der Waals surface area contributed by atoms with Crippen molar-refractivity contribution in [2.24, 2.45) is 0 Å². The Morgan fingerprint density at radius 1 is 1.00 bits per heavy atom. The number of anilines is 1. The highest BCUT2D eigenvalue weighted by Crippen LogP contribution is 2.36. The first kappa shape index (κ1) is 21.0. The first-order chi connectivity index (χ1) is 15.1. The van der Waals surface area contributed by atoms with Crippen molar-refractivity contribution >= 4 is 40.2 Å². The molecule has 31 heavy (non-hydrogen) atoms. The Kier molecular flexibility index (Phi) is 6.54. The number of amides is 2. The Morgan fingerprint density at radius 3 is 2.58 bits per heavy atom. The topological polar surface area (TPSA) is 71.1 Å². The zero-order valence-corrected chi connectivity index (χ0v) is 18.6. The van der Waals surface area contributed by atoms with Gasteiger partial charge in [-0.1, -0.05) is 48.5 Å². The van der Waals surface area contributed by atoms with Crippen LogP contribution in [0.4, 0.5) is 5.69 Å². The monoisotopic (exact) mass is 447 g/mol. The number of nitrogens with zero attached hydrogens (tertiary/aromatic N) is 1. The third-order valence-electron chi connectivity index (χ3n) is 4.53. The van der Waals surface area contributed by atoms with Crippen molar-refractivity contribution in [1.29, 1.82) is 0 Å². The summed E-state index contributed by atoms with van der Waals surface area (Å²) in [5.41, 5.74) is 3.56. The molecule has 0 aliphatic rings. The fourth-order valence-electron chi connectivity index (χ4n) is 3.15. The molecule has 2 amide bonds. The van der Waals surface area contributed by atoms with Crippen molar-refractivity contribution in [2.45, 2.75) is 19.9 Å². The predicted octanol–water partition coefficient (Wildman–Crippen LogP) is 5.36. The lowest BCUT2D eigenvalue weighted by molar-refractivity contribution is -0.120. The van der Waals surface area contributed by atoms with E-state index in [1.807, 2.05) is 72.1 Å². The largest absolute Gasteiger partial charge is 0.352 e. The molecule has 0 atom stereocenters. The molecule has 0 spiro atoms. The van der Waals surface area contributed by atoms with Crippen LogP contribution in [-0.2, 0) is 22.6 Å². The molecule has 4 aromatic rings. The van der Waals surface area contributed by atoms with E-state index < -0.39 is 0 Å². The van der Waals surface area contributed by atoms with Crippen molar-refractivity contribution in [3.63, 3.8) is 0 Å². The van der Waals surface area contributed by atoms with E-state index in [1.165, 1.54) is 6.92 Å². The van der Waals surface area contributed by atoms with Gasteiger partial charge in [0.1, 0.15) is 5.01 Å². The van der Waals surface area contributed by atoms with Gasteiger partial charge in [0.05, 0.1) is 17.0 Å². The third-order valence-corrected chi connectivity index (χ3v) is 6.51. The van der Waals surface area contributed by atoms with Crippen molar-refractivity contribution in [1.82, 2.24) is 10.3 Å². The molecule has 0 aliphatic heterocycles. The molecule has 0 saturated heterocycles. The van der Waals surface area contributed by atoms with Crippen LogP contribution >= 0.6 is 22.7 Å². The van der Waals surface area contributed by atoms with E-state index in [0.717, 1.165) is 31.6 Å². The first-order valence-corrected chi connectivity index (χ1v) is 11.5. The molecule has 0 bridgehead atoms. The number of nitrogens with one attached hydrogen (secondary N) is 2. The summed E-state index contributed by atoms with van der Waals surface area (Å²) < 4.78 is 0. The normalized spacial score (nSPS) is 10.6. The zero-order valence-electron chi connectivity index (χ0n) is 16.9. The molecule has 0 fully saturated rings. The number of thiazole rings is 1. The maximum absolute atomic E-state index is 12.7. The van der Waals surface area contributed by atoms with Crippen LogP contribution in [0.25, 0.3) is 21.1 Å². The van der Waals surface area contributed by atoms with Crippen molar-refractivity contribution < 1.29 is 9.59 Å². The molecular weight excluding hydrogens is 426 g/mol. The van der Waals surface area contributed by atoms with E-state index in [1.54, 1.807) is 22.7 Å². The summed E-state index contributed by atoms with van der Waals surface area (Å²) in [7, 11) is 0. The maximum Gasteiger partial charge on any atom is 0.225 e. The highest BCUT2D eigenvalue weighted by molar-refractivity contribution is 7.17. The minimum atomic E-state index is -0.123. The van der Waals surface area contributed by atoms with Gasteiger partial charge in [-0.05, 0) is 29.1 Å². The standard InChI is InChI=1S/C24H21N3O2S2/c1-16(28)26-19-10-5-7-17(13-19)15-25-22(29)14-21-23(20-11-6-12-30-20)27-24(31-21)18-8-3-2-4-9-18/h2-13H,14-15H2,1H3,(H,25,29)(H,26,28). The summed E-state index contributed by atoms with van der Waals surface area (Å²) in [6.07, 6.45) is 0.267. The highest BCUT2D eigenvalue weighted by atomic mass is 32.1. The van der Waals surface area contributed by atoms with Crippen LogP contribution in [0.2, 0.25) is 0 Å². The lowest BCUT2D eigenvalue weighted by atomic mass is 10.2. The number of hydrogen-bond donors (Lipinski definition) is 2. The fourth-order valence-corrected chi connectivity index (χ4v) is 5.04. The molecule has 7 heteroatoms. The number of aromatic nitrogens is 1. The molecule has 0 saturated carbocycles. The smallest absolute Gasteiger partial charge is 0.225 e. The average molecular weight is 448 g/mol. The fraction of sp³-hybridized carbons (Fsp3) is 0.125. The van der Waals surface area contributed by atoms with Crippen LogP contribution < -0.4 is 10.6 Å². The number of thiophene rings is 1. The minimum absolute atomic E-state index is 0.0639. The van der Waals surface area contributed by atoms with Gasteiger partial charge in [-0.2, -0.15) is 0 Å². The van der Waals surface area contributed by atoms with Gasteiger partial charge in [0.2, 0.25) is 11.8 Å². The zero-order chi connectivity index (χ0) is 21.6. The Morgan fingerprint density at radius 2 is 1.84 bits per heavy atom. The SMILES string of the molecule is CC(=O)Nc1cccc(CNC(=O)Cc2sc(-c3ccccc3)nc2-c2cccs2)c1. The summed E-state index contributed by atoms with van der Waals surface area (Å²) in [6, 6.07) is 21.5. The van der Waals surface area contributed by atoms with Gasteiger partial charge in [-0.3, -0.25) is 9.59 Å². The lowest BCUT2D eigenvalue weighted by Gasteiger charge is -2.08. The average Bonchev–Trinajstić information content (AvgIpc) is 3.43. The quantitative estimate of drug-likeness (QED) is 0.401. The molecule has 2 aromatic carbocycles. The van der Waals surface area contributed by atoms with Crippen LogP contribution in [-0.4, -0.2) is 16.8 Å². The second-order valence-corrected chi connectivity index (χ2v) is 9.00. The van der Waals surface area contributed by atoms with Crippen molar-refractivity contribution in [3.8, 4) is 21.1 Å². The number of carbonyl (C=O) groups is 2. The number of benzene rings is 2. The van der Waals surface area contributed by atoms with Crippen LogP contribution in [0, 0.1) is 0 Å². The molecule has 4 rings (SSSR count). The van der Waals surface area contributed by atoms with Gasteiger partial charge in [-0.25, -0.2) is 4.98 Å². The summed E-state index contributed by atoms with van der Waals surface area (Å²) in [5.74, 6) is -0.187. The molecule has 0 radical (unpaired) electrons. The van der Waals surface area contributed by atoms with Crippen LogP contribution in [0.15, 0.2) is 72.1 Å². The number of hydrogen-bond acceptors (Lipinski definition) is 5. The van der Waals surface area contributed by atoms with E-state index in [-0.39, 0.29) is 18.2 Å². The Labute approximate surface area is 188 Å². The molecule has 2 aromatic heterocycles. The van der Waals surface area contributed by atoms with Gasteiger partial charge in [0.25, 0.3) is 0 Å². The van der Waals surface area contributed by atoms with E-state index in [9.17, 15) is 9.59 Å². The second-order valence-electron chi connectivity index (χ2n) is 6.97. The number of carbonyl (C=O) groups excluding carboxylic acids is 2. The summed E-state index contributed by atoms with van der Waals surface area (Å²) in [4.78, 5) is 30.8. The second kappa shape index (κ2) is 9.68. The Balaban J connectivity index is 1.49. The minimum Gasteiger partial charge on any atom is -0.352 e. The van der Waals surface area contributed by atoms with Gasteiger partial charge in [0, 0.05) is 29.6 Å². The third kappa shape index (κ3) is 5.45. The highest BCUT2D eigenvalue weighted by Gasteiger charge is 2.17. The van der Waals surface area contributed by atoms with Gasteiger partial charge < -0.3 is 10.6 Å².